The van der Waals surface area contributed by atoms with Crippen molar-refractivity contribution in [1.29, 1.82) is 0 Å². The summed E-state index contributed by atoms with van der Waals surface area (Å²) in [7, 11) is 0.973. The molecule has 0 spiro atoms. The van der Waals surface area contributed by atoms with Gasteiger partial charge in [0.25, 0.3) is 0 Å². The SMILES string of the molecule is CCNC(=NCc1cc(-c2ccc(OC)cc2)cs1)NC1CCCC(S(=O)CC)C1.I. The zero-order valence-electron chi connectivity index (χ0n) is 18.6. The third kappa shape index (κ3) is 7.75. The van der Waals surface area contributed by atoms with E-state index in [9.17, 15) is 4.21 Å². The number of nitrogens with one attached hydrogen (secondary N) is 2. The number of guanidine groups is 1. The van der Waals surface area contributed by atoms with Gasteiger partial charge in [-0.25, -0.2) is 4.99 Å². The van der Waals surface area contributed by atoms with Crippen LogP contribution in [0.1, 0.15) is 44.4 Å². The standard InChI is InChI=1S/C23H33N3O2S2.HI/c1-4-24-23(26-19-7-6-8-22(14-19)30(27)5-2)25-15-21-13-18(16-29-21)17-9-11-20(28-3)12-10-17;/h9-13,16,19,22H,4-8,14-15H2,1-3H3,(H2,24,25,26);1H. The second-order valence-corrected chi connectivity index (χ2v) is 10.5. The second-order valence-electron chi connectivity index (χ2n) is 7.52. The van der Waals surface area contributed by atoms with E-state index in [1.54, 1.807) is 18.4 Å². The topological polar surface area (TPSA) is 62.7 Å². The van der Waals surface area contributed by atoms with Gasteiger partial charge in [0.1, 0.15) is 5.75 Å². The molecule has 2 aromatic rings. The number of rotatable bonds is 8. The number of aliphatic imine (C=N–C) groups is 1. The van der Waals surface area contributed by atoms with Crippen molar-refractivity contribution in [2.24, 2.45) is 4.99 Å². The minimum atomic E-state index is -0.710. The summed E-state index contributed by atoms with van der Waals surface area (Å²) in [6, 6.07) is 10.7. The Bertz CT molecular complexity index is 855. The Morgan fingerprint density at radius 1 is 1.23 bits per heavy atom. The minimum Gasteiger partial charge on any atom is -0.497 e. The highest BCUT2D eigenvalue weighted by molar-refractivity contribution is 14.0. The number of hydrogen-bond acceptors (Lipinski definition) is 4. The Morgan fingerprint density at radius 3 is 2.68 bits per heavy atom. The van der Waals surface area contributed by atoms with Crippen LogP contribution in [0.25, 0.3) is 11.1 Å². The molecule has 1 aliphatic carbocycles. The maximum Gasteiger partial charge on any atom is 0.191 e. The van der Waals surface area contributed by atoms with Crippen LogP contribution >= 0.6 is 35.3 Å². The zero-order valence-corrected chi connectivity index (χ0v) is 22.5. The fraction of sp³-hybridized carbons (Fsp3) is 0.522. The first kappa shape index (κ1) is 26.1. The van der Waals surface area contributed by atoms with Crippen LogP contribution in [-0.4, -0.2) is 40.9 Å². The van der Waals surface area contributed by atoms with Gasteiger partial charge in [-0.15, -0.1) is 35.3 Å². The van der Waals surface area contributed by atoms with Gasteiger partial charge in [0, 0.05) is 39.3 Å². The molecule has 1 aromatic heterocycles. The zero-order chi connectivity index (χ0) is 21.3. The highest BCUT2D eigenvalue weighted by Gasteiger charge is 2.26. The first-order valence-electron chi connectivity index (χ1n) is 10.8. The molecule has 3 rings (SSSR count). The molecule has 0 aliphatic heterocycles. The Labute approximate surface area is 209 Å². The van der Waals surface area contributed by atoms with E-state index in [-0.39, 0.29) is 24.0 Å². The lowest BCUT2D eigenvalue weighted by atomic mass is 9.95. The summed E-state index contributed by atoms with van der Waals surface area (Å²) in [6.07, 6.45) is 4.28. The summed E-state index contributed by atoms with van der Waals surface area (Å²) in [5.74, 6) is 2.47. The molecule has 0 radical (unpaired) electrons. The number of benzene rings is 1. The van der Waals surface area contributed by atoms with Crippen molar-refractivity contribution < 1.29 is 8.95 Å². The number of nitrogens with zero attached hydrogens (tertiary/aromatic N) is 1. The molecule has 1 aliphatic rings. The predicted octanol–water partition coefficient (Wildman–Crippen LogP) is 5.18. The Hall–Kier alpha value is -1.13. The van der Waals surface area contributed by atoms with E-state index in [0.29, 0.717) is 17.8 Å². The molecule has 3 atom stereocenters. The van der Waals surface area contributed by atoms with Crippen LogP contribution < -0.4 is 15.4 Å². The van der Waals surface area contributed by atoms with Crippen molar-refractivity contribution in [3.8, 4) is 16.9 Å². The van der Waals surface area contributed by atoms with Crippen molar-refractivity contribution in [2.75, 3.05) is 19.4 Å². The second kappa shape index (κ2) is 13.4. The minimum absolute atomic E-state index is 0. The molecular weight excluding hydrogens is 541 g/mol. The summed E-state index contributed by atoms with van der Waals surface area (Å²) in [6.45, 7) is 5.57. The maximum atomic E-state index is 12.2. The van der Waals surface area contributed by atoms with Crippen molar-refractivity contribution in [2.45, 2.75) is 57.4 Å². The first-order valence-corrected chi connectivity index (χ1v) is 13.0. The van der Waals surface area contributed by atoms with Crippen molar-refractivity contribution in [3.05, 3.63) is 40.6 Å². The van der Waals surface area contributed by atoms with E-state index in [1.807, 2.05) is 19.1 Å². The summed E-state index contributed by atoms with van der Waals surface area (Å²) < 4.78 is 17.5. The first-order chi connectivity index (χ1) is 14.6. The smallest absolute Gasteiger partial charge is 0.191 e. The summed E-state index contributed by atoms with van der Waals surface area (Å²) in [4.78, 5) is 6.04. The maximum absolute atomic E-state index is 12.2. The van der Waals surface area contributed by atoms with Gasteiger partial charge >= 0.3 is 0 Å². The lowest BCUT2D eigenvalue weighted by molar-refractivity contribution is 0.413. The van der Waals surface area contributed by atoms with Gasteiger partial charge in [-0.1, -0.05) is 25.5 Å². The molecule has 1 saturated carbocycles. The van der Waals surface area contributed by atoms with Crippen LogP contribution in [0.2, 0.25) is 0 Å². The van der Waals surface area contributed by atoms with Gasteiger partial charge in [-0.05, 0) is 60.9 Å². The molecule has 1 heterocycles. The van der Waals surface area contributed by atoms with Crippen molar-refractivity contribution in [1.82, 2.24) is 10.6 Å². The Balaban J connectivity index is 0.00000341. The van der Waals surface area contributed by atoms with E-state index in [4.69, 9.17) is 9.73 Å². The lowest BCUT2D eigenvalue weighted by Gasteiger charge is -2.30. The van der Waals surface area contributed by atoms with Crippen LogP contribution in [0.3, 0.4) is 0 Å². The lowest BCUT2D eigenvalue weighted by Crippen LogP contribution is -2.46. The van der Waals surface area contributed by atoms with Gasteiger partial charge in [0.15, 0.2) is 5.96 Å². The fourth-order valence-corrected chi connectivity index (χ4v) is 5.98. The molecule has 0 bridgehead atoms. The quantitative estimate of drug-likeness (QED) is 0.259. The number of methoxy groups -OCH3 is 1. The van der Waals surface area contributed by atoms with Crippen LogP contribution in [0.15, 0.2) is 40.7 Å². The Morgan fingerprint density at radius 2 is 2.00 bits per heavy atom. The van der Waals surface area contributed by atoms with Crippen LogP contribution in [0.4, 0.5) is 0 Å². The molecule has 31 heavy (non-hydrogen) atoms. The van der Waals surface area contributed by atoms with E-state index in [0.717, 1.165) is 49.7 Å². The monoisotopic (exact) mass is 575 g/mol. The molecule has 1 aromatic carbocycles. The number of hydrogen-bond donors (Lipinski definition) is 2. The van der Waals surface area contributed by atoms with Gasteiger partial charge in [0.2, 0.25) is 0 Å². The van der Waals surface area contributed by atoms with Gasteiger partial charge in [-0.3, -0.25) is 4.21 Å². The molecule has 3 unspecified atom stereocenters. The highest BCUT2D eigenvalue weighted by Crippen LogP contribution is 2.28. The van der Waals surface area contributed by atoms with E-state index >= 15 is 0 Å². The van der Waals surface area contributed by atoms with E-state index in [2.05, 4.69) is 41.1 Å². The average molecular weight is 576 g/mol. The predicted molar refractivity (Wildman–Crippen MR) is 144 cm³/mol. The molecule has 5 nitrogen and oxygen atoms in total. The fourth-order valence-electron chi connectivity index (χ4n) is 3.82. The van der Waals surface area contributed by atoms with Crippen LogP contribution in [-0.2, 0) is 17.3 Å². The largest absolute Gasteiger partial charge is 0.497 e. The third-order valence-corrected chi connectivity index (χ3v) is 8.10. The van der Waals surface area contributed by atoms with Crippen molar-refractivity contribution >= 4 is 52.1 Å². The molecule has 0 saturated heterocycles. The van der Waals surface area contributed by atoms with Gasteiger partial charge in [-0.2, -0.15) is 0 Å². The van der Waals surface area contributed by atoms with Crippen molar-refractivity contribution in [3.63, 3.8) is 0 Å². The normalized spacial score (nSPS) is 19.9. The average Bonchev–Trinajstić information content (AvgIpc) is 3.26. The molecule has 1 fully saturated rings. The van der Waals surface area contributed by atoms with Gasteiger partial charge in [0.05, 0.1) is 13.7 Å². The van der Waals surface area contributed by atoms with Crippen LogP contribution in [0.5, 0.6) is 5.75 Å². The Kier molecular flexibility index (Phi) is 11.3. The van der Waals surface area contributed by atoms with Gasteiger partial charge < -0.3 is 15.4 Å². The molecule has 8 heteroatoms. The summed E-state index contributed by atoms with van der Waals surface area (Å²) in [5.41, 5.74) is 2.40. The highest BCUT2D eigenvalue weighted by atomic mass is 127. The van der Waals surface area contributed by atoms with E-state index in [1.165, 1.54) is 16.0 Å². The summed E-state index contributed by atoms with van der Waals surface area (Å²) >= 11 is 1.73. The number of halogens is 1. The number of ether oxygens (including phenoxy) is 1. The molecule has 172 valence electrons. The van der Waals surface area contributed by atoms with E-state index < -0.39 is 10.8 Å². The third-order valence-electron chi connectivity index (χ3n) is 5.44. The van der Waals surface area contributed by atoms with Crippen LogP contribution in [0, 0.1) is 0 Å². The summed E-state index contributed by atoms with van der Waals surface area (Å²) in [5, 5.41) is 9.44. The molecular formula is C23H34IN3O2S2. The molecule has 0 amide bonds. The number of thiophene rings is 1. The molecule has 2 N–H and O–H groups in total.